The first-order chi connectivity index (χ1) is 9.81. The van der Waals surface area contributed by atoms with Crippen molar-refractivity contribution in [2.45, 2.75) is 26.3 Å². The third-order valence-corrected chi connectivity index (χ3v) is 4.59. The van der Waals surface area contributed by atoms with Crippen molar-refractivity contribution in [1.29, 1.82) is 0 Å². The van der Waals surface area contributed by atoms with Crippen LogP contribution in [0.25, 0.3) is 21.8 Å². The molecule has 1 aromatic heterocycles. The molecule has 0 aliphatic rings. The minimum Gasteiger partial charge on any atom is -0.340 e. The molecule has 2 aromatic carbocycles. The van der Waals surface area contributed by atoms with Gasteiger partial charge in [-0.3, -0.25) is 0 Å². The predicted molar refractivity (Wildman–Crippen MR) is 91.6 cm³/mol. The molecule has 1 atom stereocenters. The minimum atomic E-state index is 0.759. The van der Waals surface area contributed by atoms with E-state index in [1.54, 1.807) is 0 Å². The van der Waals surface area contributed by atoms with Crippen LogP contribution in [-0.2, 0) is 6.54 Å². The fourth-order valence-corrected chi connectivity index (χ4v) is 3.71. The number of hydrogen-bond donors (Lipinski definition) is 0. The van der Waals surface area contributed by atoms with Gasteiger partial charge in [0.2, 0.25) is 0 Å². The van der Waals surface area contributed by atoms with E-state index in [0.717, 1.165) is 17.8 Å². The number of para-hydroxylation sites is 2. The molecule has 1 heterocycles. The minimum absolute atomic E-state index is 0.759. The second-order valence-electron chi connectivity index (χ2n) is 5.56. The molecular formula is C18H20BrN. The van der Waals surface area contributed by atoms with Crippen LogP contribution >= 0.6 is 15.9 Å². The third-order valence-electron chi connectivity index (χ3n) is 4.13. The van der Waals surface area contributed by atoms with Crippen molar-refractivity contribution in [1.82, 2.24) is 4.57 Å². The Kier molecular flexibility index (Phi) is 4.11. The van der Waals surface area contributed by atoms with E-state index < -0.39 is 0 Å². The highest BCUT2D eigenvalue weighted by atomic mass is 79.9. The monoisotopic (exact) mass is 329 g/mol. The summed E-state index contributed by atoms with van der Waals surface area (Å²) >= 11 is 3.54. The number of fused-ring (bicyclic) bond motifs is 3. The molecule has 0 spiro atoms. The van der Waals surface area contributed by atoms with E-state index in [-0.39, 0.29) is 0 Å². The largest absolute Gasteiger partial charge is 0.340 e. The van der Waals surface area contributed by atoms with Crippen molar-refractivity contribution in [2.75, 3.05) is 5.33 Å². The Morgan fingerprint density at radius 2 is 1.45 bits per heavy atom. The number of aryl methyl sites for hydroxylation is 1. The molecule has 0 radical (unpaired) electrons. The summed E-state index contributed by atoms with van der Waals surface area (Å²) in [4.78, 5) is 0. The van der Waals surface area contributed by atoms with Gasteiger partial charge in [0.1, 0.15) is 0 Å². The van der Waals surface area contributed by atoms with Gasteiger partial charge < -0.3 is 4.57 Å². The van der Waals surface area contributed by atoms with E-state index in [0.29, 0.717) is 0 Å². The Morgan fingerprint density at radius 3 is 2.00 bits per heavy atom. The summed E-state index contributed by atoms with van der Waals surface area (Å²) < 4.78 is 2.48. The van der Waals surface area contributed by atoms with Gasteiger partial charge in [0, 0.05) is 33.7 Å². The molecule has 20 heavy (non-hydrogen) atoms. The van der Waals surface area contributed by atoms with Gasteiger partial charge in [0.15, 0.2) is 0 Å². The summed E-state index contributed by atoms with van der Waals surface area (Å²) in [5, 5.41) is 3.84. The highest BCUT2D eigenvalue weighted by Gasteiger charge is 2.10. The first kappa shape index (κ1) is 13.7. The SMILES string of the molecule is CC(CCBr)CCn1c2ccccc2c2ccccc21. The molecule has 3 aromatic rings. The van der Waals surface area contributed by atoms with E-state index in [1.807, 2.05) is 0 Å². The molecular weight excluding hydrogens is 310 g/mol. The number of hydrogen-bond acceptors (Lipinski definition) is 0. The molecule has 2 heteroatoms. The van der Waals surface area contributed by atoms with Gasteiger partial charge in [0.25, 0.3) is 0 Å². The predicted octanol–water partition coefficient (Wildman–Crippen LogP) is 5.61. The van der Waals surface area contributed by atoms with E-state index in [1.165, 1.54) is 34.6 Å². The number of alkyl halides is 1. The zero-order chi connectivity index (χ0) is 13.9. The topological polar surface area (TPSA) is 4.93 Å². The number of aromatic nitrogens is 1. The lowest BCUT2D eigenvalue weighted by molar-refractivity contribution is 0.482. The number of nitrogens with zero attached hydrogens (tertiary/aromatic N) is 1. The van der Waals surface area contributed by atoms with Gasteiger partial charge in [0.05, 0.1) is 0 Å². The van der Waals surface area contributed by atoms with Crippen molar-refractivity contribution in [2.24, 2.45) is 5.92 Å². The molecule has 3 rings (SSSR count). The summed E-state index contributed by atoms with van der Waals surface area (Å²) in [6.07, 6.45) is 2.48. The molecule has 104 valence electrons. The van der Waals surface area contributed by atoms with E-state index in [2.05, 4.69) is 76.0 Å². The second-order valence-corrected chi connectivity index (χ2v) is 6.35. The van der Waals surface area contributed by atoms with Gasteiger partial charge in [-0.15, -0.1) is 0 Å². The zero-order valence-electron chi connectivity index (χ0n) is 11.8. The van der Waals surface area contributed by atoms with Gasteiger partial charge in [-0.2, -0.15) is 0 Å². The zero-order valence-corrected chi connectivity index (χ0v) is 13.4. The van der Waals surface area contributed by atoms with Crippen molar-refractivity contribution in [3.8, 4) is 0 Å². The maximum atomic E-state index is 3.54. The molecule has 0 saturated heterocycles. The summed E-state index contributed by atoms with van der Waals surface area (Å²) in [5.41, 5.74) is 2.72. The fraction of sp³-hybridized carbons (Fsp3) is 0.333. The summed E-state index contributed by atoms with van der Waals surface area (Å²) in [5.74, 6) is 0.759. The normalized spacial score (nSPS) is 13.1. The Balaban J connectivity index is 2.03. The lowest BCUT2D eigenvalue weighted by Gasteiger charge is -2.12. The van der Waals surface area contributed by atoms with Crippen LogP contribution < -0.4 is 0 Å². The average Bonchev–Trinajstić information content (AvgIpc) is 2.80. The molecule has 0 aliphatic carbocycles. The smallest absolute Gasteiger partial charge is 0.0491 e. The summed E-state index contributed by atoms with van der Waals surface area (Å²) in [6.45, 7) is 3.44. The van der Waals surface area contributed by atoms with Gasteiger partial charge >= 0.3 is 0 Å². The number of benzene rings is 2. The van der Waals surface area contributed by atoms with Crippen LogP contribution in [0.3, 0.4) is 0 Å². The molecule has 1 nitrogen and oxygen atoms in total. The fourth-order valence-electron chi connectivity index (χ4n) is 2.92. The van der Waals surface area contributed by atoms with Gasteiger partial charge in [-0.05, 0) is 30.9 Å². The maximum Gasteiger partial charge on any atom is 0.0491 e. The molecule has 0 bridgehead atoms. The van der Waals surface area contributed by atoms with E-state index in [4.69, 9.17) is 0 Å². The molecule has 1 unspecified atom stereocenters. The number of halogens is 1. The second kappa shape index (κ2) is 6.01. The lowest BCUT2D eigenvalue weighted by Crippen LogP contribution is -2.04. The maximum absolute atomic E-state index is 3.54. The molecule has 0 fully saturated rings. The van der Waals surface area contributed by atoms with Gasteiger partial charge in [-0.1, -0.05) is 59.3 Å². The quantitative estimate of drug-likeness (QED) is 0.536. The third kappa shape index (κ3) is 2.49. The van der Waals surface area contributed by atoms with Crippen molar-refractivity contribution >= 4 is 37.7 Å². The van der Waals surface area contributed by atoms with Crippen LogP contribution in [0.5, 0.6) is 0 Å². The van der Waals surface area contributed by atoms with Crippen LogP contribution in [0.4, 0.5) is 0 Å². The molecule has 0 saturated carbocycles. The van der Waals surface area contributed by atoms with Crippen molar-refractivity contribution < 1.29 is 0 Å². The first-order valence-electron chi connectivity index (χ1n) is 7.33. The van der Waals surface area contributed by atoms with Crippen LogP contribution in [-0.4, -0.2) is 9.90 Å². The summed E-state index contributed by atoms with van der Waals surface area (Å²) in [7, 11) is 0. The Labute approximate surface area is 128 Å². The standard InChI is InChI=1S/C18H20BrN/c1-14(10-12-19)11-13-20-17-8-4-2-6-15(17)16-7-3-5-9-18(16)20/h2-9,14H,10-13H2,1H3. The van der Waals surface area contributed by atoms with Crippen molar-refractivity contribution in [3.63, 3.8) is 0 Å². The lowest BCUT2D eigenvalue weighted by atomic mass is 10.1. The summed E-state index contributed by atoms with van der Waals surface area (Å²) in [6, 6.07) is 17.5. The van der Waals surface area contributed by atoms with E-state index in [9.17, 15) is 0 Å². The van der Waals surface area contributed by atoms with Crippen LogP contribution in [0.2, 0.25) is 0 Å². The van der Waals surface area contributed by atoms with E-state index >= 15 is 0 Å². The average molecular weight is 330 g/mol. The first-order valence-corrected chi connectivity index (χ1v) is 8.45. The number of rotatable bonds is 5. The highest BCUT2D eigenvalue weighted by Crippen LogP contribution is 2.29. The molecule has 0 amide bonds. The Hall–Kier alpha value is -1.28. The van der Waals surface area contributed by atoms with Crippen LogP contribution in [0, 0.1) is 5.92 Å². The van der Waals surface area contributed by atoms with Gasteiger partial charge in [-0.25, -0.2) is 0 Å². The molecule has 0 N–H and O–H groups in total. The Bertz CT molecular complexity index is 660. The Morgan fingerprint density at radius 1 is 0.900 bits per heavy atom. The van der Waals surface area contributed by atoms with Crippen LogP contribution in [0.1, 0.15) is 19.8 Å². The highest BCUT2D eigenvalue weighted by molar-refractivity contribution is 9.09. The van der Waals surface area contributed by atoms with Crippen molar-refractivity contribution in [3.05, 3.63) is 48.5 Å². The molecule has 0 aliphatic heterocycles. The van der Waals surface area contributed by atoms with Crippen LogP contribution in [0.15, 0.2) is 48.5 Å².